The maximum Gasteiger partial charge on any atom is 0.119 e. The molecule has 3 rings (SSSR count). The lowest BCUT2D eigenvalue weighted by molar-refractivity contribution is 0.212. The molecule has 2 aliphatic carbocycles. The van der Waals surface area contributed by atoms with Crippen LogP contribution in [0.4, 0.5) is 4.39 Å². The minimum atomic E-state index is -0.160. The van der Waals surface area contributed by atoms with Gasteiger partial charge < -0.3 is 10.1 Å². The smallest absolute Gasteiger partial charge is 0.119 e. The molecule has 1 atom stereocenters. The number of nitrogens with one attached hydrogen (secondary N) is 1. The lowest BCUT2D eigenvalue weighted by Crippen LogP contribution is -2.17. The van der Waals surface area contributed by atoms with Crippen molar-refractivity contribution >= 4 is 6.08 Å². The van der Waals surface area contributed by atoms with Gasteiger partial charge in [-0.1, -0.05) is 0 Å². The second-order valence-electron chi connectivity index (χ2n) is 4.89. The SMILES string of the molecule is OCC1CCc2c([nH]c3c2CC=C(F)C=C3)C1. The molecule has 1 aromatic rings. The van der Waals surface area contributed by atoms with Gasteiger partial charge >= 0.3 is 0 Å². The third-order valence-corrected chi connectivity index (χ3v) is 3.80. The number of aromatic amines is 1. The summed E-state index contributed by atoms with van der Waals surface area (Å²) in [6.45, 7) is 0.257. The third-order valence-electron chi connectivity index (χ3n) is 3.80. The normalized spacial score (nSPS) is 22.7. The number of aromatic nitrogens is 1. The van der Waals surface area contributed by atoms with Crippen molar-refractivity contribution in [2.75, 3.05) is 6.61 Å². The van der Waals surface area contributed by atoms with E-state index in [1.54, 1.807) is 6.08 Å². The molecule has 0 fully saturated rings. The molecule has 0 bridgehead atoms. The predicted octanol–water partition coefficient (Wildman–Crippen LogP) is 2.53. The van der Waals surface area contributed by atoms with Crippen molar-refractivity contribution in [1.29, 1.82) is 0 Å². The highest BCUT2D eigenvalue weighted by atomic mass is 19.1. The van der Waals surface area contributed by atoms with Gasteiger partial charge in [-0.3, -0.25) is 0 Å². The molecule has 0 spiro atoms. The van der Waals surface area contributed by atoms with E-state index >= 15 is 0 Å². The first-order chi connectivity index (χ1) is 8.28. The molecule has 1 unspecified atom stereocenters. The fourth-order valence-electron chi connectivity index (χ4n) is 2.84. The number of aliphatic hydroxyl groups is 1. The standard InChI is InChI=1S/C14H16FNO/c15-10-2-5-11-12-4-1-9(8-17)7-14(12)16-13(11)6-3-10/h2-3,6,9,16-17H,1,4-5,7-8H2. The van der Waals surface area contributed by atoms with Gasteiger partial charge in [-0.15, -0.1) is 0 Å². The van der Waals surface area contributed by atoms with Crippen molar-refractivity contribution in [3.63, 3.8) is 0 Å². The zero-order chi connectivity index (χ0) is 11.8. The summed E-state index contributed by atoms with van der Waals surface area (Å²) in [4.78, 5) is 3.38. The molecular formula is C14H16FNO. The number of fused-ring (bicyclic) bond motifs is 3. The summed E-state index contributed by atoms with van der Waals surface area (Å²) >= 11 is 0. The van der Waals surface area contributed by atoms with Crippen LogP contribution in [0.2, 0.25) is 0 Å². The third kappa shape index (κ3) is 1.84. The Hall–Kier alpha value is -1.35. The lowest BCUT2D eigenvalue weighted by Gasteiger charge is -2.20. The maximum atomic E-state index is 13.2. The van der Waals surface area contributed by atoms with Crippen LogP contribution < -0.4 is 0 Å². The number of rotatable bonds is 1. The molecule has 2 N–H and O–H groups in total. The van der Waals surface area contributed by atoms with E-state index in [4.69, 9.17) is 0 Å². The van der Waals surface area contributed by atoms with Crippen LogP contribution >= 0.6 is 0 Å². The number of aliphatic hydroxyl groups excluding tert-OH is 1. The van der Waals surface area contributed by atoms with Crippen molar-refractivity contribution < 1.29 is 9.50 Å². The molecule has 1 heterocycles. The minimum Gasteiger partial charge on any atom is -0.396 e. The fourth-order valence-corrected chi connectivity index (χ4v) is 2.84. The van der Waals surface area contributed by atoms with Crippen LogP contribution in [0.1, 0.15) is 28.9 Å². The Labute approximate surface area is 99.9 Å². The monoisotopic (exact) mass is 233 g/mol. The highest BCUT2D eigenvalue weighted by molar-refractivity contribution is 5.59. The van der Waals surface area contributed by atoms with Crippen molar-refractivity contribution in [1.82, 2.24) is 4.98 Å². The van der Waals surface area contributed by atoms with E-state index in [1.807, 2.05) is 6.08 Å². The summed E-state index contributed by atoms with van der Waals surface area (Å²) < 4.78 is 13.2. The number of allylic oxidation sites excluding steroid dienone is 3. The van der Waals surface area contributed by atoms with Gasteiger partial charge in [0.2, 0.25) is 0 Å². The number of hydrogen-bond acceptors (Lipinski definition) is 1. The Morgan fingerprint density at radius 3 is 3.06 bits per heavy atom. The molecule has 0 radical (unpaired) electrons. The lowest BCUT2D eigenvalue weighted by atomic mass is 9.86. The average Bonchev–Trinajstić information content (AvgIpc) is 2.60. The van der Waals surface area contributed by atoms with Gasteiger partial charge in [0, 0.05) is 18.0 Å². The molecular weight excluding hydrogens is 217 g/mol. The quantitative estimate of drug-likeness (QED) is 0.768. The van der Waals surface area contributed by atoms with Gasteiger partial charge in [-0.25, -0.2) is 4.39 Å². The first kappa shape index (κ1) is 10.8. The maximum absolute atomic E-state index is 13.2. The van der Waals surface area contributed by atoms with Crippen molar-refractivity contribution in [3.05, 3.63) is 40.5 Å². The van der Waals surface area contributed by atoms with Gasteiger partial charge in [-0.2, -0.15) is 0 Å². The second kappa shape index (κ2) is 4.15. The summed E-state index contributed by atoms with van der Waals surface area (Å²) in [6, 6.07) is 0. The zero-order valence-corrected chi connectivity index (χ0v) is 9.67. The molecule has 1 aromatic heterocycles. The van der Waals surface area contributed by atoms with E-state index < -0.39 is 0 Å². The van der Waals surface area contributed by atoms with E-state index in [9.17, 15) is 9.50 Å². The summed E-state index contributed by atoms with van der Waals surface area (Å²) in [5, 5.41) is 9.21. The molecule has 0 saturated heterocycles. The van der Waals surface area contributed by atoms with Crippen LogP contribution in [-0.4, -0.2) is 16.7 Å². The minimum absolute atomic E-state index is 0.160. The van der Waals surface area contributed by atoms with Gasteiger partial charge in [0.1, 0.15) is 5.83 Å². The van der Waals surface area contributed by atoms with E-state index in [-0.39, 0.29) is 12.4 Å². The van der Waals surface area contributed by atoms with Crippen LogP contribution in [0.3, 0.4) is 0 Å². The summed E-state index contributed by atoms with van der Waals surface area (Å²) in [5.41, 5.74) is 4.86. The van der Waals surface area contributed by atoms with Crippen LogP contribution in [0.5, 0.6) is 0 Å². The molecule has 0 amide bonds. The highest BCUT2D eigenvalue weighted by Gasteiger charge is 2.24. The Kier molecular flexibility index (Phi) is 2.63. The Morgan fingerprint density at radius 1 is 1.35 bits per heavy atom. The Bertz CT molecular complexity index is 499. The van der Waals surface area contributed by atoms with Gasteiger partial charge in [0.05, 0.1) is 0 Å². The fraction of sp³-hybridized carbons (Fsp3) is 0.429. The van der Waals surface area contributed by atoms with Crippen LogP contribution in [0.25, 0.3) is 6.08 Å². The van der Waals surface area contributed by atoms with Crippen molar-refractivity contribution in [3.8, 4) is 0 Å². The van der Waals surface area contributed by atoms with E-state index in [2.05, 4.69) is 4.98 Å². The van der Waals surface area contributed by atoms with Crippen LogP contribution in [-0.2, 0) is 19.3 Å². The number of hydrogen-bond donors (Lipinski definition) is 2. The van der Waals surface area contributed by atoms with E-state index in [0.717, 1.165) is 25.0 Å². The second-order valence-corrected chi connectivity index (χ2v) is 4.89. The zero-order valence-electron chi connectivity index (χ0n) is 9.67. The van der Waals surface area contributed by atoms with E-state index in [1.165, 1.54) is 22.9 Å². The molecule has 17 heavy (non-hydrogen) atoms. The molecule has 0 saturated carbocycles. The topological polar surface area (TPSA) is 36.0 Å². The van der Waals surface area contributed by atoms with Crippen molar-refractivity contribution in [2.45, 2.75) is 25.7 Å². The number of halogens is 1. The summed E-state index contributed by atoms with van der Waals surface area (Å²) in [5.74, 6) is 0.216. The number of H-pyrrole nitrogens is 1. The molecule has 2 nitrogen and oxygen atoms in total. The molecule has 3 heteroatoms. The Balaban J connectivity index is 1.99. The first-order valence-corrected chi connectivity index (χ1v) is 6.15. The first-order valence-electron chi connectivity index (χ1n) is 6.15. The van der Waals surface area contributed by atoms with Crippen molar-refractivity contribution in [2.24, 2.45) is 5.92 Å². The van der Waals surface area contributed by atoms with Gasteiger partial charge in [-0.05, 0) is 61.0 Å². The average molecular weight is 233 g/mol. The molecule has 2 aliphatic rings. The van der Waals surface area contributed by atoms with E-state index in [0.29, 0.717) is 12.3 Å². The van der Waals surface area contributed by atoms with Crippen LogP contribution in [0, 0.1) is 5.92 Å². The summed E-state index contributed by atoms with van der Waals surface area (Å²) in [6.07, 6.45) is 8.58. The van der Waals surface area contributed by atoms with Crippen LogP contribution in [0.15, 0.2) is 18.0 Å². The predicted molar refractivity (Wildman–Crippen MR) is 65.3 cm³/mol. The molecule has 0 aliphatic heterocycles. The largest absolute Gasteiger partial charge is 0.396 e. The van der Waals surface area contributed by atoms with Gasteiger partial charge in [0.15, 0.2) is 0 Å². The molecule has 0 aromatic carbocycles. The Morgan fingerprint density at radius 2 is 2.24 bits per heavy atom. The summed E-state index contributed by atoms with van der Waals surface area (Å²) in [7, 11) is 0. The van der Waals surface area contributed by atoms with Gasteiger partial charge in [0.25, 0.3) is 0 Å². The molecule has 90 valence electrons. The highest BCUT2D eigenvalue weighted by Crippen LogP contribution is 2.32.